The molecule has 98 valence electrons. The molecule has 0 radical (unpaired) electrons. The van der Waals surface area contributed by atoms with E-state index in [0.29, 0.717) is 12.6 Å². The number of hydrogen-bond acceptors (Lipinski definition) is 6. The SMILES string of the molecule is CCOCCN(C)c1nc(N)nc2sc(C)cc12. The number of nitrogen functional groups attached to an aromatic ring is 1. The average molecular weight is 266 g/mol. The Hall–Kier alpha value is -1.40. The smallest absolute Gasteiger partial charge is 0.223 e. The van der Waals surface area contributed by atoms with E-state index in [2.05, 4.69) is 27.9 Å². The number of hydrogen-bond donors (Lipinski definition) is 1. The van der Waals surface area contributed by atoms with Gasteiger partial charge in [0.15, 0.2) is 0 Å². The van der Waals surface area contributed by atoms with Gasteiger partial charge in [0, 0.05) is 25.1 Å². The Morgan fingerprint density at radius 2 is 2.22 bits per heavy atom. The van der Waals surface area contributed by atoms with Crippen LogP contribution in [0.2, 0.25) is 0 Å². The lowest BCUT2D eigenvalue weighted by Gasteiger charge is -2.18. The monoisotopic (exact) mass is 266 g/mol. The van der Waals surface area contributed by atoms with Gasteiger partial charge in [-0.1, -0.05) is 0 Å². The molecule has 5 nitrogen and oxygen atoms in total. The third-order valence-corrected chi connectivity index (χ3v) is 3.59. The second kappa shape index (κ2) is 5.49. The standard InChI is InChI=1S/C12H18N4OS/c1-4-17-6-5-16(3)10-9-7-8(2)18-11(9)15-12(13)14-10/h7H,4-6H2,1-3H3,(H2,13,14,15). The van der Waals surface area contributed by atoms with Crippen molar-refractivity contribution in [1.29, 1.82) is 0 Å². The van der Waals surface area contributed by atoms with Crippen LogP contribution in [-0.2, 0) is 4.74 Å². The van der Waals surface area contributed by atoms with Gasteiger partial charge < -0.3 is 15.4 Å². The molecule has 0 saturated carbocycles. The van der Waals surface area contributed by atoms with Crippen LogP contribution in [-0.4, -0.2) is 36.8 Å². The van der Waals surface area contributed by atoms with E-state index in [1.54, 1.807) is 11.3 Å². The lowest BCUT2D eigenvalue weighted by Crippen LogP contribution is -2.24. The lowest BCUT2D eigenvalue weighted by molar-refractivity contribution is 0.154. The normalized spacial score (nSPS) is 11.1. The Balaban J connectivity index is 2.30. The summed E-state index contributed by atoms with van der Waals surface area (Å²) in [4.78, 5) is 12.8. The van der Waals surface area contributed by atoms with Crippen molar-refractivity contribution >= 4 is 33.3 Å². The van der Waals surface area contributed by atoms with Crippen molar-refractivity contribution in [2.45, 2.75) is 13.8 Å². The largest absolute Gasteiger partial charge is 0.380 e. The topological polar surface area (TPSA) is 64.3 Å². The van der Waals surface area contributed by atoms with Gasteiger partial charge in [-0.2, -0.15) is 4.98 Å². The van der Waals surface area contributed by atoms with Crippen molar-refractivity contribution in [2.24, 2.45) is 0 Å². The van der Waals surface area contributed by atoms with Crippen molar-refractivity contribution in [2.75, 3.05) is 37.4 Å². The average Bonchev–Trinajstić information content (AvgIpc) is 2.68. The van der Waals surface area contributed by atoms with Crippen molar-refractivity contribution < 1.29 is 4.74 Å². The third kappa shape index (κ3) is 2.70. The van der Waals surface area contributed by atoms with E-state index in [9.17, 15) is 0 Å². The molecule has 18 heavy (non-hydrogen) atoms. The van der Waals surface area contributed by atoms with Crippen LogP contribution in [0, 0.1) is 6.92 Å². The number of nitrogens with two attached hydrogens (primary N) is 1. The van der Waals surface area contributed by atoms with E-state index in [4.69, 9.17) is 10.5 Å². The van der Waals surface area contributed by atoms with E-state index in [-0.39, 0.29) is 0 Å². The Morgan fingerprint density at radius 3 is 2.94 bits per heavy atom. The highest BCUT2D eigenvalue weighted by Crippen LogP contribution is 2.30. The summed E-state index contributed by atoms with van der Waals surface area (Å²) in [6.07, 6.45) is 0. The zero-order valence-corrected chi connectivity index (χ0v) is 11.8. The molecule has 2 rings (SSSR count). The molecule has 0 atom stereocenters. The fourth-order valence-corrected chi connectivity index (χ4v) is 2.67. The predicted molar refractivity (Wildman–Crippen MR) is 76.3 cm³/mol. The first-order chi connectivity index (χ1) is 8.61. The highest BCUT2D eigenvalue weighted by Gasteiger charge is 2.12. The number of aryl methyl sites for hydroxylation is 1. The number of nitrogens with zero attached hydrogens (tertiary/aromatic N) is 3. The number of fused-ring (bicyclic) bond motifs is 1. The molecule has 2 N–H and O–H groups in total. The van der Waals surface area contributed by atoms with Gasteiger partial charge in [0.25, 0.3) is 0 Å². The molecule has 0 aromatic carbocycles. The number of thiophene rings is 1. The Kier molecular flexibility index (Phi) is 3.98. The molecule has 0 amide bonds. The number of anilines is 2. The second-order valence-corrected chi connectivity index (χ2v) is 5.33. The predicted octanol–water partition coefficient (Wildman–Crippen LogP) is 2.05. The summed E-state index contributed by atoms with van der Waals surface area (Å²) in [5, 5.41) is 1.06. The van der Waals surface area contributed by atoms with E-state index >= 15 is 0 Å². The van der Waals surface area contributed by atoms with Gasteiger partial charge in [-0.3, -0.25) is 0 Å². The highest BCUT2D eigenvalue weighted by atomic mass is 32.1. The fraction of sp³-hybridized carbons (Fsp3) is 0.500. The first-order valence-electron chi connectivity index (χ1n) is 5.94. The fourth-order valence-electron chi connectivity index (χ4n) is 1.79. The minimum atomic E-state index is 0.322. The molecule has 2 aromatic heterocycles. The van der Waals surface area contributed by atoms with Crippen molar-refractivity contribution in [3.05, 3.63) is 10.9 Å². The molecule has 0 saturated heterocycles. The van der Waals surface area contributed by atoms with E-state index in [1.165, 1.54) is 4.88 Å². The van der Waals surface area contributed by atoms with Crippen molar-refractivity contribution in [3.63, 3.8) is 0 Å². The van der Waals surface area contributed by atoms with Crippen LogP contribution >= 0.6 is 11.3 Å². The van der Waals surface area contributed by atoms with Crippen LogP contribution < -0.4 is 10.6 Å². The minimum Gasteiger partial charge on any atom is -0.380 e. The molecule has 0 aliphatic rings. The molecule has 0 aliphatic heterocycles. The molecule has 2 aromatic rings. The van der Waals surface area contributed by atoms with Crippen molar-refractivity contribution in [3.8, 4) is 0 Å². The summed E-state index contributed by atoms with van der Waals surface area (Å²) in [5.74, 6) is 1.20. The van der Waals surface area contributed by atoms with E-state index in [0.717, 1.165) is 29.2 Å². The molecular formula is C12H18N4OS. The molecule has 0 bridgehead atoms. The number of ether oxygens (including phenoxy) is 1. The summed E-state index contributed by atoms with van der Waals surface area (Å²) in [6, 6.07) is 2.10. The molecule has 0 fully saturated rings. The number of likely N-dealkylation sites (N-methyl/N-ethyl adjacent to an activating group) is 1. The molecule has 6 heteroatoms. The van der Waals surface area contributed by atoms with E-state index < -0.39 is 0 Å². The van der Waals surface area contributed by atoms with Crippen LogP contribution in [0.5, 0.6) is 0 Å². The van der Waals surface area contributed by atoms with Gasteiger partial charge in [-0.15, -0.1) is 11.3 Å². The zero-order chi connectivity index (χ0) is 13.1. The number of aromatic nitrogens is 2. The molecule has 0 unspecified atom stereocenters. The zero-order valence-electron chi connectivity index (χ0n) is 10.9. The maximum atomic E-state index is 5.75. The summed E-state index contributed by atoms with van der Waals surface area (Å²) < 4.78 is 5.36. The van der Waals surface area contributed by atoms with Crippen molar-refractivity contribution in [1.82, 2.24) is 9.97 Å². The Labute approximate surface area is 111 Å². The van der Waals surface area contributed by atoms with Crippen LogP contribution in [0.25, 0.3) is 10.2 Å². The molecule has 0 spiro atoms. The minimum absolute atomic E-state index is 0.322. The first kappa shape index (κ1) is 13.0. The number of rotatable bonds is 5. The Bertz CT molecular complexity index is 540. The maximum absolute atomic E-state index is 5.75. The maximum Gasteiger partial charge on any atom is 0.223 e. The summed E-state index contributed by atoms with van der Waals surface area (Å²) in [7, 11) is 1.99. The summed E-state index contributed by atoms with van der Waals surface area (Å²) >= 11 is 1.64. The molecule has 2 heterocycles. The van der Waals surface area contributed by atoms with Gasteiger partial charge in [0.2, 0.25) is 5.95 Å². The van der Waals surface area contributed by atoms with Crippen LogP contribution in [0.3, 0.4) is 0 Å². The summed E-state index contributed by atoms with van der Waals surface area (Å²) in [5.41, 5.74) is 5.75. The quantitative estimate of drug-likeness (QED) is 0.839. The summed E-state index contributed by atoms with van der Waals surface area (Å²) in [6.45, 7) is 6.25. The van der Waals surface area contributed by atoms with Gasteiger partial charge in [0.1, 0.15) is 10.6 Å². The lowest BCUT2D eigenvalue weighted by atomic mass is 10.3. The Morgan fingerprint density at radius 1 is 1.44 bits per heavy atom. The highest BCUT2D eigenvalue weighted by molar-refractivity contribution is 7.18. The van der Waals surface area contributed by atoms with Crippen LogP contribution in [0.1, 0.15) is 11.8 Å². The molecule has 0 aliphatic carbocycles. The first-order valence-corrected chi connectivity index (χ1v) is 6.76. The van der Waals surface area contributed by atoms with Crippen LogP contribution in [0.15, 0.2) is 6.07 Å². The van der Waals surface area contributed by atoms with Gasteiger partial charge >= 0.3 is 0 Å². The third-order valence-electron chi connectivity index (χ3n) is 2.65. The second-order valence-electron chi connectivity index (χ2n) is 4.10. The van der Waals surface area contributed by atoms with Crippen LogP contribution in [0.4, 0.5) is 11.8 Å². The van der Waals surface area contributed by atoms with Gasteiger partial charge in [-0.05, 0) is 19.9 Å². The molecular weight excluding hydrogens is 248 g/mol. The van der Waals surface area contributed by atoms with E-state index in [1.807, 2.05) is 14.0 Å². The van der Waals surface area contributed by atoms with Gasteiger partial charge in [-0.25, -0.2) is 4.98 Å². The van der Waals surface area contributed by atoms with Gasteiger partial charge in [0.05, 0.1) is 12.0 Å².